The van der Waals surface area contributed by atoms with Gasteiger partial charge in [-0.2, -0.15) is 5.26 Å². The Morgan fingerprint density at radius 2 is 2.24 bits per heavy atom. The minimum Gasteiger partial charge on any atom is -0.495 e. The predicted molar refractivity (Wildman–Crippen MR) is 62.8 cm³/mol. The third-order valence-electron chi connectivity index (χ3n) is 2.23. The Bertz CT molecular complexity index is 677. The second kappa shape index (κ2) is 4.27. The van der Waals surface area contributed by atoms with Gasteiger partial charge in [0, 0.05) is 6.07 Å². The van der Waals surface area contributed by atoms with Gasteiger partial charge in [0.2, 0.25) is 4.77 Å². The van der Waals surface area contributed by atoms with Gasteiger partial charge >= 0.3 is 5.69 Å². The number of nitriles is 1. The first-order valence-electron chi connectivity index (χ1n) is 4.65. The molecule has 0 amide bonds. The number of rotatable bonds is 2. The molecule has 0 bridgehead atoms. The van der Waals surface area contributed by atoms with Crippen molar-refractivity contribution in [1.29, 1.82) is 5.26 Å². The molecule has 86 valence electrons. The molecule has 0 atom stereocenters. The van der Waals surface area contributed by atoms with Crippen LogP contribution in [0.25, 0.3) is 5.69 Å². The molecule has 1 aromatic heterocycles. The van der Waals surface area contributed by atoms with E-state index in [1.54, 1.807) is 18.2 Å². The van der Waals surface area contributed by atoms with Crippen molar-refractivity contribution in [3.63, 3.8) is 0 Å². The van der Waals surface area contributed by atoms with E-state index in [-0.39, 0.29) is 4.77 Å². The number of hydrogen-bond donors (Lipinski definition) is 2. The second-order valence-electron chi connectivity index (χ2n) is 3.19. The fourth-order valence-electron chi connectivity index (χ4n) is 1.46. The van der Waals surface area contributed by atoms with Crippen LogP contribution in [0, 0.1) is 16.1 Å². The molecule has 6 nitrogen and oxygen atoms in total. The van der Waals surface area contributed by atoms with Crippen molar-refractivity contribution in [2.45, 2.75) is 0 Å². The first-order chi connectivity index (χ1) is 8.17. The van der Waals surface area contributed by atoms with Gasteiger partial charge in [0.1, 0.15) is 5.75 Å². The van der Waals surface area contributed by atoms with Crippen LogP contribution in [0.5, 0.6) is 5.75 Å². The first-order valence-corrected chi connectivity index (χ1v) is 5.06. The molecule has 0 aliphatic heterocycles. The van der Waals surface area contributed by atoms with Gasteiger partial charge in [-0.1, -0.05) is 0 Å². The molecular weight excluding hydrogens is 240 g/mol. The Morgan fingerprint density at radius 1 is 1.47 bits per heavy atom. The summed E-state index contributed by atoms with van der Waals surface area (Å²) in [7, 11) is 1.46. The van der Waals surface area contributed by atoms with Gasteiger partial charge in [0.25, 0.3) is 0 Å². The van der Waals surface area contributed by atoms with Gasteiger partial charge < -0.3 is 4.74 Å². The van der Waals surface area contributed by atoms with Crippen LogP contribution in [0.3, 0.4) is 0 Å². The van der Waals surface area contributed by atoms with E-state index in [2.05, 4.69) is 10.2 Å². The number of H-pyrrole nitrogens is 2. The number of aromatic amines is 2. The summed E-state index contributed by atoms with van der Waals surface area (Å²) >= 11 is 4.98. The average Bonchev–Trinajstić information content (AvgIpc) is 2.68. The van der Waals surface area contributed by atoms with E-state index < -0.39 is 5.69 Å². The molecular formula is C10H8N4O2S. The van der Waals surface area contributed by atoms with Crippen molar-refractivity contribution in [3.8, 4) is 17.5 Å². The van der Waals surface area contributed by atoms with E-state index in [9.17, 15) is 4.79 Å². The molecule has 0 saturated carbocycles. The molecule has 2 aromatic rings. The van der Waals surface area contributed by atoms with Crippen LogP contribution in [0.1, 0.15) is 5.56 Å². The Labute approximate surface area is 101 Å². The summed E-state index contributed by atoms with van der Waals surface area (Å²) in [6.07, 6.45) is 0. The lowest BCUT2D eigenvalue weighted by Crippen LogP contribution is -2.15. The van der Waals surface area contributed by atoms with Crippen molar-refractivity contribution in [1.82, 2.24) is 14.8 Å². The van der Waals surface area contributed by atoms with Crippen LogP contribution < -0.4 is 10.4 Å². The Hall–Kier alpha value is -2.33. The summed E-state index contributed by atoms with van der Waals surface area (Å²) in [6.45, 7) is 0. The number of ether oxygens (including phenoxy) is 1. The van der Waals surface area contributed by atoms with Crippen molar-refractivity contribution in [2.24, 2.45) is 0 Å². The summed E-state index contributed by atoms with van der Waals surface area (Å²) < 4.78 is 6.63. The van der Waals surface area contributed by atoms with E-state index in [1.807, 2.05) is 6.07 Å². The molecule has 2 N–H and O–H groups in total. The fraction of sp³-hybridized carbons (Fsp3) is 0.100. The summed E-state index contributed by atoms with van der Waals surface area (Å²) in [4.78, 5) is 11.6. The molecule has 0 fully saturated rings. The zero-order valence-corrected chi connectivity index (χ0v) is 9.67. The highest BCUT2D eigenvalue weighted by Gasteiger charge is 2.10. The Balaban J connectivity index is 2.73. The van der Waals surface area contributed by atoms with Gasteiger partial charge in [0.15, 0.2) is 0 Å². The van der Waals surface area contributed by atoms with Gasteiger partial charge in [0.05, 0.1) is 24.4 Å². The molecule has 7 heteroatoms. The number of nitrogens with one attached hydrogen (secondary N) is 2. The Morgan fingerprint density at radius 3 is 2.76 bits per heavy atom. The number of benzene rings is 1. The second-order valence-corrected chi connectivity index (χ2v) is 3.58. The summed E-state index contributed by atoms with van der Waals surface area (Å²) in [5, 5.41) is 13.7. The van der Waals surface area contributed by atoms with Crippen LogP contribution in [0.4, 0.5) is 0 Å². The third kappa shape index (κ3) is 1.86. The maximum Gasteiger partial charge on any atom is 0.347 e. The summed E-state index contributed by atoms with van der Waals surface area (Å²) in [5.74, 6) is 0.408. The van der Waals surface area contributed by atoms with Gasteiger partial charge in [-0.05, 0) is 24.4 Å². The lowest BCUT2D eigenvalue weighted by atomic mass is 10.2. The molecule has 0 aliphatic rings. The van der Waals surface area contributed by atoms with E-state index in [4.69, 9.17) is 22.2 Å². The molecule has 0 saturated heterocycles. The smallest absolute Gasteiger partial charge is 0.347 e. The monoisotopic (exact) mass is 248 g/mol. The van der Waals surface area contributed by atoms with Crippen LogP contribution in [-0.2, 0) is 0 Å². The number of aromatic nitrogens is 3. The molecule has 2 rings (SSSR count). The molecule has 1 heterocycles. The van der Waals surface area contributed by atoms with Crippen LogP contribution in [-0.4, -0.2) is 21.9 Å². The van der Waals surface area contributed by atoms with Gasteiger partial charge in [-0.15, -0.1) is 0 Å². The maximum atomic E-state index is 11.6. The molecule has 1 aromatic carbocycles. The standard InChI is InChI=1S/C10H8N4O2S/c1-16-8-4-6(5-11)2-3-7(8)14-9(15)12-13-10(14)17/h2-4H,1H3,(H,12,15)(H,13,17). The van der Waals surface area contributed by atoms with E-state index >= 15 is 0 Å². The topological polar surface area (TPSA) is 86.6 Å². The molecule has 17 heavy (non-hydrogen) atoms. The number of hydrogen-bond acceptors (Lipinski definition) is 4. The minimum absolute atomic E-state index is 0.234. The zero-order chi connectivity index (χ0) is 12.4. The number of methoxy groups -OCH3 is 1. The Kier molecular flexibility index (Phi) is 2.80. The van der Waals surface area contributed by atoms with Crippen LogP contribution in [0.2, 0.25) is 0 Å². The van der Waals surface area contributed by atoms with Crippen molar-refractivity contribution < 1.29 is 4.74 Å². The highest BCUT2D eigenvalue weighted by Crippen LogP contribution is 2.22. The normalized spacial score (nSPS) is 9.88. The molecule has 0 aliphatic carbocycles. The zero-order valence-electron chi connectivity index (χ0n) is 8.85. The molecule has 0 unspecified atom stereocenters. The quantitative estimate of drug-likeness (QED) is 0.779. The van der Waals surface area contributed by atoms with E-state index in [1.165, 1.54) is 11.7 Å². The minimum atomic E-state index is -0.391. The van der Waals surface area contributed by atoms with E-state index in [0.717, 1.165) is 0 Å². The largest absolute Gasteiger partial charge is 0.495 e. The van der Waals surface area contributed by atoms with Crippen LogP contribution in [0.15, 0.2) is 23.0 Å². The van der Waals surface area contributed by atoms with E-state index in [0.29, 0.717) is 17.0 Å². The predicted octanol–water partition coefficient (Wildman–Crippen LogP) is 1.10. The third-order valence-corrected chi connectivity index (χ3v) is 2.52. The summed E-state index contributed by atoms with van der Waals surface area (Å²) in [5.41, 5.74) is 0.543. The highest BCUT2D eigenvalue weighted by atomic mass is 32.1. The fourth-order valence-corrected chi connectivity index (χ4v) is 1.69. The van der Waals surface area contributed by atoms with Gasteiger partial charge in [-0.3, -0.25) is 5.10 Å². The first kappa shape index (κ1) is 11.2. The van der Waals surface area contributed by atoms with Crippen molar-refractivity contribution in [3.05, 3.63) is 39.0 Å². The molecule has 0 radical (unpaired) electrons. The number of nitrogens with zero attached hydrogens (tertiary/aromatic N) is 2. The highest BCUT2D eigenvalue weighted by molar-refractivity contribution is 7.71. The lowest BCUT2D eigenvalue weighted by Gasteiger charge is -2.07. The molecule has 0 spiro atoms. The lowest BCUT2D eigenvalue weighted by molar-refractivity contribution is 0.412. The maximum absolute atomic E-state index is 11.6. The van der Waals surface area contributed by atoms with Crippen molar-refractivity contribution >= 4 is 12.2 Å². The van der Waals surface area contributed by atoms with Gasteiger partial charge in [-0.25, -0.2) is 14.5 Å². The SMILES string of the molecule is COc1cc(C#N)ccc1-n1c(=O)[nH][nH]c1=S. The average molecular weight is 248 g/mol. The van der Waals surface area contributed by atoms with Crippen molar-refractivity contribution in [2.75, 3.05) is 7.11 Å². The summed E-state index contributed by atoms with van der Waals surface area (Å²) in [6, 6.07) is 6.74. The van der Waals surface area contributed by atoms with Crippen LogP contribution >= 0.6 is 12.2 Å².